The van der Waals surface area contributed by atoms with Crippen LogP contribution in [0.15, 0.2) is 82.0 Å². The molecule has 0 bridgehead atoms. The van der Waals surface area contributed by atoms with E-state index in [4.69, 9.17) is 9.15 Å². The molecule has 0 N–H and O–H groups in total. The second kappa shape index (κ2) is 7.59. The first-order valence-electron chi connectivity index (χ1n) is 9.02. The van der Waals surface area contributed by atoms with E-state index in [0.29, 0.717) is 28.0 Å². The quantitative estimate of drug-likeness (QED) is 0.345. The van der Waals surface area contributed by atoms with Crippen molar-refractivity contribution in [2.24, 2.45) is 0 Å². The van der Waals surface area contributed by atoms with E-state index in [2.05, 4.69) is 0 Å². The molecule has 0 aliphatic heterocycles. The van der Waals surface area contributed by atoms with Crippen molar-refractivity contribution < 1.29 is 14.1 Å². The molecular weight excluding hydrogens is 370 g/mol. The van der Waals surface area contributed by atoms with Gasteiger partial charge in [-0.2, -0.15) is 0 Å². The van der Waals surface area contributed by atoms with Gasteiger partial charge in [0.25, 0.3) is 5.69 Å². The number of benzene rings is 3. The fourth-order valence-electron chi connectivity index (χ4n) is 3.19. The highest BCUT2D eigenvalue weighted by Crippen LogP contribution is 2.26. The zero-order valence-electron chi connectivity index (χ0n) is 15.6. The summed E-state index contributed by atoms with van der Waals surface area (Å²) < 4.78 is 11.7. The van der Waals surface area contributed by atoms with E-state index in [9.17, 15) is 14.9 Å². The first-order valence-corrected chi connectivity index (χ1v) is 9.02. The van der Waals surface area contributed by atoms with Crippen molar-refractivity contribution >= 4 is 16.7 Å². The van der Waals surface area contributed by atoms with Gasteiger partial charge in [-0.05, 0) is 42.3 Å². The minimum Gasteiger partial charge on any atom is -0.489 e. The Morgan fingerprint density at radius 1 is 1.00 bits per heavy atom. The molecule has 0 aliphatic carbocycles. The molecular formula is C23H17NO5. The molecule has 6 heteroatoms. The second-order valence-corrected chi connectivity index (χ2v) is 6.60. The molecule has 0 radical (unpaired) electrons. The van der Waals surface area contributed by atoms with Crippen LogP contribution in [0.1, 0.15) is 11.3 Å². The number of nitrogens with zero attached hydrogens (tertiary/aromatic N) is 1. The number of hydrogen-bond acceptors (Lipinski definition) is 5. The van der Waals surface area contributed by atoms with E-state index in [1.54, 1.807) is 37.3 Å². The molecule has 6 nitrogen and oxygen atoms in total. The van der Waals surface area contributed by atoms with Gasteiger partial charge >= 0.3 is 0 Å². The van der Waals surface area contributed by atoms with Gasteiger partial charge in [0.2, 0.25) is 5.43 Å². The molecule has 4 rings (SSSR count). The van der Waals surface area contributed by atoms with Gasteiger partial charge < -0.3 is 9.15 Å². The third-order valence-corrected chi connectivity index (χ3v) is 4.66. The predicted octanol–water partition coefficient (Wildman–Crippen LogP) is 5.26. The lowest BCUT2D eigenvalue weighted by atomic mass is 10.0. The van der Waals surface area contributed by atoms with Crippen LogP contribution in [0.2, 0.25) is 0 Å². The molecule has 4 aromatic rings. The summed E-state index contributed by atoms with van der Waals surface area (Å²) in [6, 6.07) is 20.7. The largest absolute Gasteiger partial charge is 0.489 e. The molecule has 0 spiro atoms. The van der Waals surface area contributed by atoms with Crippen molar-refractivity contribution in [3.8, 4) is 16.9 Å². The molecule has 0 fully saturated rings. The van der Waals surface area contributed by atoms with E-state index in [-0.39, 0.29) is 17.7 Å². The van der Waals surface area contributed by atoms with Crippen molar-refractivity contribution in [1.29, 1.82) is 0 Å². The maximum Gasteiger partial charge on any atom is 0.269 e. The van der Waals surface area contributed by atoms with Crippen molar-refractivity contribution in [2.75, 3.05) is 0 Å². The number of nitro benzene ring substituents is 1. The van der Waals surface area contributed by atoms with Gasteiger partial charge in [-0.3, -0.25) is 14.9 Å². The number of hydrogen-bond donors (Lipinski definition) is 0. The van der Waals surface area contributed by atoms with Crippen LogP contribution in [0.4, 0.5) is 5.69 Å². The van der Waals surface area contributed by atoms with Crippen LogP contribution in [-0.2, 0) is 6.61 Å². The van der Waals surface area contributed by atoms with Crippen LogP contribution in [-0.4, -0.2) is 4.92 Å². The Morgan fingerprint density at radius 2 is 1.72 bits per heavy atom. The van der Waals surface area contributed by atoms with Gasteiger partial charge in [0.1, 0.15) is 23.7 Å². The molecule has 0 unspecified atom stereocenters. The summed E-state index contributed by atoms with van der Waals surface area (Å²) in [7, 11) is 0. The molecule has 0 amide bonds. The van der Waals surface area contributed by atoms with E-state index < -0.39 is 4.92 Å². The standard InChI is InChI=1S/C23H17NO5/c1-15-22(17-5-3-2-4-6-17)23(25)20-12-11-19(13-21(20)29-15)28-14-16-7-9-18(10-8-16)24(26)27/h2-13H,14H2,1H3. The summed E-state index contributed by atoms with van der Waals surface area (Å²) in [5.74, 6) is 1.09. The summed E-state index contributed by atoms with van der Waals surface area (Å²) in [5, 5.41) is 11.2. The number of fused-ring (bicyclic) bond motifs is 1. The van der Waals surface area contributed by atoms with E-state index in [1.807, 2.05) is 30.3 Å². The number of rotatable bonds is 5. The van der Waals surface area contributed by atoms with Crippen LogP contribution < -0.4 is 10.2 Å². The lowest BCUT2D eigenvalue weighted by molar-refractivity contribution is -0.384. The molecule has 0 atom stereocenters. The summed E-state index contributed by atoms with van der Waals surface area (Å²) in [6.45, 7) is 2.02. The molecule has 0 saturated carbocycles. The normalized spacial score (nSPS) is 10.8. The van der Waals surface area contributed by atoms with Crippen molar-refractivity contribution in [2.45, 2.75) is 13.5 Å². The number of non-ortho nitro benzene ring substituents is 1. The Bertz CT molecular complexity index is 1240. The molecule has 3 aromatic carbocycles. The monoisotopic (exact) mass is 387 g/mol. The van der Waals surface area contributed by atoms with E-state index in [1.165, 1.54) is 12.1 Å². The molecule has 29 heavy (non-hydrogen) atoms. The number of aryl methyl sites for hydroxylation is 1. The van der Waals surface area contributed by atoms with Crippen LogP contribution >= 0.6 is 0 Å². The lowest BCUT2D eigenvalue weighted by Crippen LogP contribution is -2.07. The van der Waals surface area contributed by atoms with Crippen molar-refractivity contribution in [3.63, 3.8) is 0 Å². The third-order valence-electron chi connectivity index (χ3n) is 4.66. The SMILES string of the molecule is Cc1oc2cc(OCc3ccc([N+](=O)[O-])cc3)ccc2c(=O)c1-c1ccccc1. The van der Waals surface area contributed by atoms with Crippen LogP contribution in [0.5, 0.6) is 5.75 Å². The second-order valence-electron chi connectivity index (χ2n) is 6.60. The number of nitro groups is 1. The molecule has 1 aromatic heterocycles. The van der Waals surface area contributed by atoms with Crippen LogP contribution in [0, 0.1) is 17.0 Å². The van der Waals surface area contributed by atoms with Gasteiger partial charge in [0.05, 0.1) is 15.9 Å². The average Bonchev–Trinajstić information content (AvgIpc) is 2.73. The zero-order valence-corrected chi connectivity index (χ0v) is 15.6. The molecule has 1 heterocycles. The molecule has 0 aliphatic rings. The summed E-state index contributed by atoms with van der Waals surface area (Å²) in [6.07, 6.45) is 0. The smallest absolute Gasteiger partial charge is 0.269 e. The fraction of sp³-hybridized carbons (Fsp3) is 0.0870. The summed E-state index contributed by atoms with van der Waals surface area (Å²) in [4.78, 5) is 23.3. The first kappa shape index (κ1) is 18.4. The van der Waals surface area contributed by atoms with Gasteiger partial charge in [-0.25, -0.2) is 0 Å². The molecule has 144 valence electrons. The maximum atomic E-state index is 13.0. The van der Waals surface area contributed by atoms with E-state index in [0.717, 1.165) is 11.1 Å². The summed E-state index contributed by atoms with van der Waals surface area (Å²) in [5.41, 5.74) is 2.57. The highest BCUT2D eigenvalue weighted by molar-refractivity contribution is 5.83. The highest BCUT2D eigenvalue weighted by atomic mass is 16.6. The minimum atomic E-state index is -0.442. The Kier molecular flexibility index (Phi) is 4.83. The van der Waals surface area contributed by atoms with Gasteiger partial charge in [0, 0.05) is 18.2 Å². The van der Waals surface area contributed by atoms with Gasteiger partial charge in [-0.15, -0.1) is 0 Å². The summed E-state index contributed by atoms with van der Waals surface area (Å²) >= 11 is 0. The Balaban J connectivity index is 1.61. The minimum absolute atomic E-state index is 0.0333. The van der Waals surface area contributed by atoms with Gasteiger partial charge in [0.15, 0.2) is 0 Å². The number of ether oxygens (including phenoxy) is 1. The fourth-order valence-corrected chi connectivity index (χ4v) is 3.19. The van der Waals surface area contributed by atoms with Crippen LogP contribution in [0.3, 0.4) is 0 Å². The Morgan fingerprint density at radius 3 is 2.41 bits per heavy atom. The maximum absolute atomic E-state index is 13.0. The Hall–Kier alpha value is -3.93. The van der Waals surface area contributed by atoms with E-state index >= 15 is 0 Å². The third kappa shape index (κ3) is 3.73. The topological polar surface area (TPSA) is 82.6 Å². The lowest BCUT2D eigenvalue weighted by Gasteiger charge is -2.10. The van der Waals surface area contributed by atoms with Crippen molar-refractivity contribution in [3.05, 3.63) is 104 Å². The Labute approximate surface area is 166 Å². The predicted molar refractivity (Wildman–Crippen MR) is 110 cm³/mol. The highest BCUT2D eigenvalue weighted by Gasteiger charge is 2.14. The zero-order chi connectivity index (χ0) is 20.4. The first-order chi connectivity index (χ1) is 14.0. The van der Waals surface area contributed by atoms with Crippen molar-refractivity contribution in [1.82, 2.24) is 0 Å². The molecule has 0 saturated heterocycles. The average molecular weight is 387 g/mol. The van der Waals surface area contributed by atoms with Crippen LogP contribution in [0.25, 0.3) is 22.1 Å². The van der Waals surface area contributed by atoms with Gasteiger partial charge in [-0.1, -0.05) is 30.3 Å².